The number of hydrogen-bond donors (Lipinski definition) is 1. The van der Waals surface area contributed by atoms with Crippen LogP contribution < -0.4 is 0 Å². The second-order valence-electron chi connectivity index (χ2n) is 5.47. The molecule has 2 rings (SSSR count). The molecule has 5 heteroatoms. The fraction of sp³-hybridized carbons (Fsp3) is 0.923. The highest BCUT2D eigenvalue weighted by atomic mass is 32.2. The molecule has 1 aliphatic heterocycles. The lowest BCUT2D eigenvalue weighted by Crippen LogP contribution is -2.43. The van der Waals surface area contributed by atoms with Gasteiger partial charge in [-0.3, -0.25) is 9.69 Å². The molecule has 104 valence electrons. The summed E-state index contributed by atoms with van der Waals surface area (Å²) in [5.74, 6) is 1.32. The Morgan fingerprint density at radius 3 is 2.94 bits per heavy atom. The number of thioether (sulfide) groups is 1. The van der Waals surface area contributed by atoms with E-state index in [1.54, 1.807) is 0 Å². The van der Waals surface area contributed by atoms with Gasteiger partial charge in [0, 0.05) is 18.8 Å². The highest BCUT2D eigenvalue weighted by Crippen LogP contribution is 2.51. The van der Waals surface area contributed by atoms with Gasteiger partial charge >= 0.3 is 5.97 Å². The third-order valence-electron chi connectivity index (χ3n) is 3.87. The summed E-state index contributed by atoms with van der Waals surface area (Å²) < 4.78 is 5.75. The van der Waals surface area contributed by atoms with Crippen LogP contribution in [0.5, 0.6) is 0 Å². The number of morpholine rings is 1. The number of likely N-dealkylation sites (N-methyl/N-ethyl adjacent to an activating group) is 1. The van der Waals surface area contributed by atoms with Crippen molar-refractivity contribution in [3.63, 3.8) is 0 Å². The molecular weight excluding hydrogens is 250 g/mol. The Labute approximate surface area is 113 Å². The van der Waals surface area contributed by atoms with Crippen LogP contribution in [0, 0.1) is 5.41 Å². The van der Waals surface area contributed by atoms with Gasteiger partial charge in [-0.1, -0.05) is 6.92 Å². The van der Waals surface area contributed by atoms with Crippen LogP contribution in [0.4, 0.5) is 0 Å². The first-order valence-corrected chi connectivity index (χ1v) is 7.92. The standard InChI is InChI=1S/C13H23NO3S/c1-2-14-5-6-17-11(8-14)9-18-10-13(3-4-13)7-12(15)16/h11H,2-10H2,1H3,(H,15,16). The largest absolute Gasteiger partial charge is 0.481 e. The number of carboxylic acid groups (broad SMARTS) is 1. The molecule has 2 fully saturated rings. The average molecular weight is 273 g/mol. The summed E-state index contributed by atoms with van der Waals surface area (Å²) in [4.78, 5) is 13.2. The average Bonchev–Trinajstić information content (AvgIpc) is 3.08. The Balaban J connectivity index is 1.64. The molecular formula is C13H23NO3S. The van der Waals surface area contributed by atoms with Crippen LogP contribution in [-0.2, 0) is 9.53 Å². The molecule has 0 aromatic heterocycles. The van der Waals surface area contributed by atoms with E-state index in [1.807, 2.05) is 11.8 Å². The maximum Gasteiger partial charge on any atom is 0.303 e. The van der Waals surface area contributed by atoms with Gasteiger partial charge in [-0.15, -0.1) is 0 Å². The molecule has 1 atom stereocenters. The Hall–Kier alpha value is -0.260. The monoisotopic (exact) mass is 273 g/mol. The molecule has 2 aliphatic rings. The van der Waals surface area contributed by atoms with E-state index < -0.39 is 5.97 Å². The van der Waals surface area contributed by atoms with Gasteiger partial charge in [0.25, 0.3) is 0 Å². The lowest BCUT2D eigenvalue weighted by atomic mass is 10.1. The van der Waals surface area contributed by atoms with Crippen molar-refractivity contribution in [2.75, 3.05) is 37.7 Å². The van der Waals surface area contributed by atoms with Crippen molar-refractivity contribution < 1.29 is 14.6 Å². The lowest BCUT2D eigenvalue weighted by molar-refractivity contribution is -0.138. The summed E-state index contributed by atoms with van der Waals surface area (Å²) in [6.45, 7) is 6.17. The van der Waals surface area contributed by atoms with Crippen LogP contribution in [0.15, 0.2) is 0 Å². The van der Waals surface area contributed by atoms with Crippen molar-refractivity contribution in [1.82, 2.24) is 4.90 Å². The van der Waals surface area contributed by atoms with E-state index in [-0.39, 0.29) is 5.41 Å². The number of ether oxygens (including phenoxy) is 1. The van der Waals surface area contributed by atoms with E-state index >= 15 is 0 Å². The quantitative estimate of drug-likeness (QED) is 0.765. The topological polar surface area (TPSA) is 49.8 Å². The summed E-state index contributed by atoms with van der Waals surface area (Å²) in [5.41, 5.74) is 0.107. The molecule has 1 unspecified atom stereocenters. The molecule has 1 heterocycles. The molecule has 1 N–H and O–H groups in total. The first-order valence-electron chi connectivity index (χ1n) is 6.77. The zero-order valence-electron chi connectivity index (χ0n) is 11.1. The van der Waals surface area contributed by atoms with Gasteiger partial charge in [0.2, 0.25) is 0 Å². The van der Waals surface area contributed by atoms with Crippen molar-refractivity contribution in [3.8, 4) is 0 Å². The summed E-state index contributed by atoms with van der Waals surface area (Å²) in [6, 6.07) is 0. The molecule has 1 aliphatic carbocycles. The summed E-state index contributed by atoms with van der Waals surface area (Å²) in [5, 5.41) is 8.86. The van der Waals surface area contributed by atoms with Crippen LogP contribution in [0.2, 0.25) is 0 Å². The molecule has 0 spiro atoms. The highest BCUT2D eigenvalue weighted by molar-refractivity contribution is 7.99. The summed E-state index contributed by atoms with van der Waals surface area (Å²) >= 11 is 1.87. The lowest BCUT2D eigenvalue weighted by Gasteiger charge is -2.32. The van der Waals surface area contributed by atoms with Crippen molar-refractivity contribution in [2.45, 2.75) is 32.3 Å². The van der Waals surface area contributed by atoms with Crippen LogP contribution >= 0.6 is 11.8 Å². The van der Waals surface area contributed by atoms with Crippen molar-refractivity contribution in [1.29, 1.82) is 0 Å². The predicted octanol–water partition coefficient (Wildman–Crippen LogP) is 1.70. The number of carbonyl (C=O) groups is 1. The van der Waals surface area contributed by atoms with E-state index in [1.165, 1.54) is 0 Å². The molecule has 18 heavy (non-hydrogen) atoms. The number of rotatable bonds is 7. The number of aliphatic carboxylic acids is 1. The zero-order valence-corrected chi connectivity index (χ0v) is 11.9. The molecule has 0 radical (unpaired) electrons. The summed E-state index contributed by atoms with van der Waals surface area (Å²) in [6.07, 6.45) is 2.83. The van der Waals surface area contributed by atoms with E-state index in [0.29, 0.717) is 12.5 Å². The smallest absolute Gasteiger partial charge is 0.303 e. The zero-order chi connectivity index (χ0) is 13.0. The van der Waals surface area contributed by atoms with Crippen LogP contribution in [0.25, 0.3) is 0 Å². The molecule has 0 amide bonds. The first kappa shape index (κ1) is 14.2. The molecule has 0 aromatic carbocycles. The maximum atomic E-state index is 10.8. The SMILES string of the molecule is CCN1CCOC(CSCC2(CC(=O)O)CC2)C1. The Kier molecular flexibility index (Phi) is 4.92. The van der Waals surface area contributed by atoms with Gasteiger partial charge in [0.15, 0.2) is 0 Å². The number of hydrogen-bond acceptors (Lipinski definition) is 4. The molecule has 0 aromatic rings. The third-order valence-corrected chi connectivity index (χ3v) is 5.29. The molecule has 4 nitrogen and oxygen atoms in total. The van der Waals surface area contributed by atoms with Crippen LogP contribution in [0.3, 0.4) is 0 Å². The number of nitrogens with zero attached hydrogens (tertiary/aromatic N) is 1. The fourth-order valence-corrected chi connectivity index (χ4v) is 3.85. The van der Waals surface area contributed by atoms with E-state index in [2.05, 4.69) is 11.8 Å². The molecule has 1 saturated carbocycles. The Morgan fingerprint density at radius 2 is 2.33 bits per heavy atom. The Bertz CT molecular complexity index is 294. The minimum Gasteiger partial charge on any atom is -0.481 e. The fourth-order valence-electron chi connectivity index (χ4n) is 2.45. The van der Waals surface area contributed by atoms with E-state index in [9.17, 15) is 4.79 Å². The van der Waals surface area contributed by atoms with Crippen molar-refractivity contribution in [3.05, 3.63) is 0 Å². The second-order valence-corrected chi connectivity index (χ2v) is 6.50. The maximum absolute atomic E-state index is 10.8. The first-order chi connectivity index (χ1) is 8.63. The van der Waals surface area contributed by atoms with Gasteiger partial charge in [-0.25, -0.2) is 0 Å². The van der Waals surface area contributed by atoms with Crippen LogP contribution in [-0.4, -0.2) is 59.8 Å². The normalized spacial score (nSPS) is 27.1. The molecule has 1 saturated heterocycles. The van der Waals surface area contributed by atoms with Gasteiger partial charge in [0.1, 0.15) is 0 Å². The third kappa shape index (κ3) is 4.14. The van der Waals surface area contributed by atoms with E-state index in [0.717, 1.165) is 50.6 Å². The highest BCUT2D eigenvalue weighted by Gasteiger charge is 2.44. The van der Waals surface area contributed by atoms with Gasteiger partial charge < -0.3 is 9.84 Å². The van der Waals surface area contributed by atoms with Crippen LogP contribution in [0.1, 0.15) is 26.2 Å². The minimum absolute atomic E-state index is 0.107. The second kappa shape index (κ2) is 6.26. The van der Waals surface area contributed by atoms with Gasteiger partial charge in [-0.05, 0) is 30.6 Å². The summed E-state index contributed by atoms with van der Waals surface area (Å²) in [7, 11) is 0. The molecule has 0 bridgehead atoms. The Morgan fingerprint density at radius 1 is 1.56 bits per heavy atom. The van der Waals surface area contributed by atoms with Gasteiger partial charge in [0.05, 0.1) is 19.1 Å². The minimum atomic E-state index is -0.654. The van der Waals surface area contributed by atoms with Gasteiger partial charge in [-0.2, -0.15) is 11.8 Å². The predicted molar refractivity (Wildman–Crippen MR) is 73.1 cm³/mol. The van der Waals surface area contributed by atoms with Crippen molar-refractivity contribution in [2.24, 2.45) is 5.41 Å². The number of carboxylic acids is 1. The van der Waals surface area contributed by atoms with Crippen molar-refractivity contribution >= 4 is 17.7 Å². The van der Waals surface area contributed by atoms with E-state index in [4.69, 9.17) is 9.84 Å².